The van der Waals surface area contributed by atoms with Crippen molar-refractivity contribution < 1.29 is 0 Å². The summed E-state index contributed by atoms with van der Waals surface area (Å²) >= 11 is 0. The Morgan fingerprint density at radius 2 is 1.29 bits per heavy atom. The van der Waals surface area contributed by atoms with Gasteiger partial charge in [-0.05, 0) is 53.8 Å². The molecule has 0 aliphatic heterocycles. The molecule has 0 saturated heterocycles. The van der Waals surface area contributed by atoms with Gasteiger partial charge in [0.25, 0.3) is 0 Å². The van der Waals surface area contributed by atoms with Gasteiger partial charge in [-0.25, -0.2) is 4.99 Å². The van der Waals surface area contributed by atoms with Crippen molar-refractivity contribution in [2.45, 2.75) is 13.8 Å². The maximum atomic E-state index is 5.61. The van der Waals surface area contributed by atoms with Crippen molar-refractivity contribution in [1.82, 2.24) is 0 Å². The van der Waals surface area contributed by atoms with Crippen LogP contribution in [0.25, 0.3) is 22.3 Å². The lowest BCUT2D eigenvalue weighted by Crippen LogP contribution is -2.22. The number of hydrogen-bond acceptors (Lipinski definition) is 1. The van der Waals surface area contributed by atoms with E-state index >= 15 is 0 Å². The summed E-state index contributed by atoms with van der Waals surface area (Å²) in [6, 6.07) is 22.8. The Labute approximate surface area is 142 Å². The molecule has 0 aliphatic rings. The average molecular weight is 315 g/mol. The SMILES string of the molecule is Cc1ccccc1-c1ccc(N=C(N)N)c(-c2ccccc2C)c1. The zero-order chi connectivity index (χ0) is 17.1. The molecule has 24 heavy (non-hydrogen) atoms. The molecule has 3 nitrogen and oxygen atoms in total. The normalized spacial score (nSPS) is 10.4. The minimum atomic E-state index is 0.0634. The van der Waals surface area contributed by atoms with E-state index < -0.39 is 0 Å². The van der Waals surface area contributed by atoms with E-state index in [4.69, 9.17) is 11.5 Å². The minimum Gasteiger partial charge on any atom is -0.370 e. The lowest BCUT2D eigenvalue weighted by atomic mass is 9.93. The molecule has 0 radical (unpaired) electrons. The topological polar surface area (TPSA) is 64.4 Å². The lowest BCUT2D eigenvalue weighted by molar-refractivity contribution is 1.39. The molecule has 120 valence electrons. The summed E-state index contributed by atoms with van der Waals surface area (Å²) in [5.41, 5.74) is 19.0. The van der Waals surface area contributed by atoms with Crippen LogP contribution in [0.15, 0.2) is 71.7 Å². The van der Waals surface area contributed by atoms with E-state index in [1.54, 1.807) is 0 Å². The molecule has 3 aromatic carbocycles. The van der Waals surface area contributed by atoms with Gasteiger partial charge in [0, 0.05) is 5.56 Å². The Balaban J connectivity index is 2.24. The summed E-state index contributed by atoms with van der Waals surface area (Å²) < 4.78 is 0. The Hall–Kier alpha value is -3.07. The number of hydrogen-bond donors (Lipinski definition) is 2. The number of benzene rings is 3. The molecule has 0 heterocycles. The first kappa shape index (κ1) is 15.8. The van der Waals surface area contributed by atoms with Gasteiger partial charge in [-0.15, -0.1) is 0 Å². The van der Waals surface area contributed by atoms with Crippen LogP contribution >= 0.6 is 0 Å². The van der Waals surface area contributed by atoms with Gasteiger partial charge in [-0.1, -0.05) is 54.6 Å². The van der Waals surface area contributed by atoms with Crippen LogP contribution in [-0.2, 0) is 0 Å². The van der Waals surface area contributed by atoms with Gasteiger partial charge < -0.3 is 11.5 Å². The van der Waals surface area contributed by atoms with Crippen molar-refractivity contribution in [1.29, 1.82) is 0 Å². The van der Waals surface area contributed by atoms with E-state index in [0.29, 0.717) is 0 Å². The first-order valence-electron chi connectivity index (χ1n) is 7.92. The third kappa shape index (κ3) is 3.15. The van der Waals surface area contributed by atoms with Gasteiger partial charge in [0.2, 0.25) is 0 Å². The Kier molecular flexibility index (Phi) is 4.34. The van der Waals surface area contributed by atoms with Gasteiger partial charge in [0.15, 0.2) is 5.96 Å². The maximum Gasteiger partial charge on any atom is 0.191 e. The highest BCUT2D eigenvalue weighted by Crippen LogP contribution is 2.36. The van der Waals surface area contributed by atoms with Crippen LogP contribution in [0.5, 0.6) is 0 Å². The van der Waals surface area contributed by atoms with Gasteiger partial charge in [0.1, 0.15) is 0 Å². The number of nitrogens with zero attached hydrogens (tertiary/aromatic N) is 1. The van der Waals surface area contributed by atoms with E-state index in [1.165, 1.54) is 16.7 Å². The van der Waals surface area contributed by atoms with Crippen LogP contribution in [-0.4, -0.2) is 5.96 Å². The molecule has 0 amide bonds. The summed E-state index contributed by atoms with van der Waals surface area (Å²) in [7, 11) is 0. The first-order valence-corrected chi connectivity index (χ1v) is 7.92. The van der Waals surface area contributed by atoms with Crippen LogP contribution in [0.2, 0.25) is 0 Å². The number of nitrogens with two attached hydrogens (primary N) is 2. The third-order valence-corrected chi connectivity index (χ3v) is 4.14. The Bertz CT molecular complexity index is 906. The van der Waals surface area contributed by atoms with E-state index in [2.05, 4.69) is 67.4 Å². The van der Waals surface area contributed by atoms with Crippen molar-refractivity contribution >= 4 is 11.6 Å². The zero-order valence-electron chi connectivity index (χ0n) is 14.0. The second kappa shape index (κ2) is 6.59. The number of rotatable bonds is 3. The average Bonchev–Trinajstić information content (AvgIpc) is 2.56. The second-order valence-electron chi connectivity index (χ2n) is 5.90. The maximum absolute atomic E-state index is 5.61. The Morgan fingerprint density at radius 3 is 1.88 bits per heavy atom. The second-order valence-corrected chi connectivity index (χ2v) is 5.90. The molecule has 3 heteroatoms. The fourth-order valence-corrected chi connectivity index (χ4v) is 2.93. The standard InChI is InChI=1S/C21H21N3/c1-14-7-3-5-9-17(14)16-11-12-20(24-21(22)23)19(13-16)18-10-6-4-8-15(18)2/h3-13H,1-2H3,(H4,22,23,24). The molecule has 3 rings (SSSR count). The van der Waals surface area contributed by atoms with Gasteiger partial charge in [-0.3, -0.25) is 0 Å². The lowest BCUT2D eigenvalue weighted by Gasteiger charge is -2.13. The molecule has 0 spiro atoms. The molecular weight excluding hydrogens is 294 g/mol. The molecule has 0 saturated carbocycles. The molecule has 3 aromatic rings. The van der Waals surface area contributed by atoms with Gasteiger partial charge in [0.05, 0.1) is 5.69 Å². The predicted octanol–water partition coefficient (Wildman–Crippen LogP) is 4.54. The molecule has 4 N–H and O–H groups in total. The monoisotopic (exact) mass is 315 g/mol. The van der Waals surface area contributed by atoms with Crippen molar-refractivity contribution in [3.63, 3.8) is 0 Å². The minimum absolute atomic E-state index is 0.0634. The summed E-state index contributed by atoms with van der Waals surface area (Å²) in [5, 5.41) is 0. The molecule has 0 atom stereocenters. The zero-order valence-corrected chi connectivity index (χ0v) is 14.0. The largest absolute Gasteiger partial charge is 0.370 e. The first-order chi connectivity index (χ1) is 11.6. The Morgan fingerprint density at radius 1 is 0.708 bits per heavy atom. The highest BCUT2D eigenvalue weighted by molar-refractivity contribution is 5.88. The van der Waals surface area contributed by atoms with Crippen LogP contribution in [0.4, 0.5) is 5.69 Å². The summed E-state index contributed by atoms with van der Waals surface area (Å²) in [6.45, 7) is 4.21. The summed E-state index contributed by atoms with van der Waals surface area (Å²) in [4.78, 5) is 4.31. The smallest absolute Gasteiger partial charge is 0.191 e. The van der Waals surface area contributed by atoms with Crippen LogP contribution < -0.4 is 11.5 Å². The highest BCUT2D eigenvalue weighted by Gasteiger charge is 2.10. The van der Waals surface area contributed by atoms with Crippen LogP contribution in [0.3, 0.4) is 0 Å². The molecule has 0 aromatic heterocycles. The molecule has 0 fully saturated rings. The van der Waals surface area contributed by atoms with E-state index in [0.717, 1.165) is 22.4 Å². The predicted molar refractivity (Wildman–Crippen MR) is 102 cm³/mol. The number of aryl methyl sites for hydroxylation is 2. The molecular formula is C21H21N3. The molecule has 0 aliphatic carbocycles. The van der Waals surface area contributed by atoms with Crippen LogP contribution in [0.1, 0.15) is 11.1 Å². The fraction of sp³-hybridized carbons (Fsp3) is 0.0952. The highest BCUT2D eigenvalue weighted by atomic mass is 15.0. The van der Waals surface area contributed by atoms with Crippen molar-refractivity contribution in [2.24, 2.45) is 16.5 Å². The number of aliphatic imine (C=N–C) groups is 1. The third-order valence-electron chi connectivity index (χ3n) is 4.14. The summed E-state index contributed by atoms with van der Waals surface area (Å²) in [5.74, 6) is 0.0634. The van der Waals surface area contributed by atoms with E-state index in [9.17, 15) is 0 Å². The summed E-state index contributed by atoms with van der Waals surface area (Å²) in [6.07, 6.45) is 0. The van der Waals surface area contributed by atoms with Gasteiger partial charge >= 0.3 is 0 Å². The molecule has 0 unspecified atom stereocenters. The quantitative estimate of drug-likeness (QED) is 0.550. The molecule has 0 bridgehead atoms. The number of guanidine groups is 1. The van der Waals surface area contributed by atoms with Crippen molar-refractivity contribution in [2.75, 3.05) is 0 Å². The van der Waals surface area contributed by atoms with E-state index in [1.807, 2.05) is 18.2 Å². The van der Waals surface area contributed by atoms with E-state index in [-0.39, 0.29) is 5.96 Å². The van der Waals surface area contributed by atoms with Gasteiger partial charge in [-0.2, -0.15) is 0 Å². The van der Waals surface area contributed by atoms with Crippen LogP contribution in [0, 0.1) is 13.8 Å². The fourth-order valence-electron chi connectivity index (χ4n) is 2.93. The van der Waals surface area contributed by atoms with Crippen molar-refractivity contribution in [3.05, 3.63) is 77.9 Å². The van der Waals surface area contributed by atoms with Crippen molar-refractivity contribution in [3.8, 4) is 22.3 Å².